The van der Waals surface area contributed by atoms with Crippen molar-refractivity contribution >= 4 is 58.3 Å². The predicted molar refractivity (Wildman–Crippen MR) is 85.4 cm³/mol. The Morgan fingerprint density at radius 1 is 1.33 bits per heavy atom. The van der Waals surface area contributed by atoms with Gasteiger partial charge in [-0.05, 0) is 12.1 Å². The maximum Gasteiger partial charge on any atom is 0.370 e. The van der Waals surface area contributed by atoms with Crippen LogP contribution < -0.4 is 4.74 Å². The number of oxime groups is 1. The summed E-state index contributed by atoms with van der Waals surface area (Å²) in [6, 6.07) is 4.87. The van der Waals surface area contributed by atoms with E-state index < -0.39 is 5.97 Å². The van der Waals surface area contributed by atoms with E-state index in [1.54, 1.807) is 18.2 Å². The predicted octanol–water partition coefficient (Wildman–Crippen LogP) is 4.91. The van der Waals surface area contributed by atoms with Crippen LogP contribution in [0.1, 0.15) is 15.9 Å². The highest BCUT2D eigenvalue weighted by Gasteiger charge is 2.19. The van der Waals surface area contributed by atoms with E-state index in [-0.39, 0.29) is 11.3 Å². The number of ether oxygens (including phenoxy) is 1. The molecule has 0 spiro atoms. The first-order valence-electron chi connectivity index (χ1n) is 5.53. The van der Waals surface area contributed by atoms with Gasteiger partial charge >= 0.3 is 5.97 Å². The number of hydrogen-bond acceptors (Lipinski definition) is 5. The number of carbonyl (C=O) groups is 1. The Bertz CT molecular complexity index is 700. The first-order chi connectivity index (χ1) is 10.0. The number of benzene rings is 1. The molecule has 0 saturated heterocycles. The lowest BCUT2D eigenvalue weighted by molar-refractivity contribution is 0.0516. The van der Waals surface area contributed by atoms with Crippen LogP contribution in [0.4, 0.5) is 0 Å². The zero-order valence-corrected chi connectivity index (χ0v) is 13.7. The lowest BCUT2D eigenvalue weighted by Crippen LogP contribution is -2.01. The van der Waals surface area contributed by atoms with Gasteiger partial charge in [-0.2, -0.15) is 0 Å². The van der Waals surface area contributed by atoms with Crippen molar-refractivity contribution in [2.75, 3.05) is 7.11 Å². The van der Waals surface area contributed by atoms with Crippen LogP contribution in [0.25, 0.3) is 0 Å². The molecule has 21 heavy (non-hydrogen) atoms. The van der Waals surface area contributed by atoms with Gasteiger partial charge in [0.05, 0.1) is 18.3 Å². The molecular weight excluding hydrogens is 357 g/mol. The highest BCUT2D eigenvalue weighted by Crippen LogP contribution is 2.35. The van der Waals surface area contributed by atoms with Crippen molar-refractivity contribution in [1.82, 2.24) is 0 Å². The summed E-state index contributed by atoms with van der Waals surface area (Å²) in [5.74, 6) is -0.400. The van der Waals surface area contributed by atoms with Crippen molar-refractivity contribution in [2.24, 2.45) is 5.16 Å². The first-order valence-corrected chi connectivity index (χ1v) is 7.55. The minimum atomic E-state index is -0.670. The molecule has 0 fully saturated rings. The zero-order chi connectivity index (χ0) is 15.4. The van der Waals surface area contributed by atoms with E-state index >= 15 is 0 Å². The van der Waals surface area contributed by atoms with Crippen molar-refractivity contribution in [1.29, 1.82) is 0 Å². The average molecular weight is 365 g/mol. The summed E-state index contributed by atoms with van der Waals surface area (Å²) < 4.78 is 5.39. The lowest BCUT2D eigenvalue weighted by Gasteiger charge is -2.01. The largest absolute Gasteiger partial charge is 0.493 e. The lowest BCUT2D eigenvalue weighted by atomic mass is 10.2. The van der Waals surface area contributed by atoms with Crippen LogP contribution in [0, 0.1) is 0 Å². The fourth-order valence-electron chi connectivity index (χ4n) is 1.44. The van der Waals surface area contributed by atoms with Crippen molar-refractivity contribution in [3.05, 3.63) is 49.1 Å². The molecular formula is C13H8Cl3NO3S. The maximum atomic E-state index is 11.8. The molecule has 0 amide bonds. The number of rotatable bonds is 4. The summed E-state index contributed by atoms with van der Waals surface area (Å²) in [6.07, 6.45) is 1.32. The highest BCUT2D eigenvalue weighted by molar-refractivity contribution is 7.15. The van der Waals surface area contributed by atoms with Gasteiger partial charge in [-0.1, -0.05) is 46.0 Å². The molecule has 0 N–H and O–H groups in total. The molecule has 0 saturated carbocycles. The van der Waals surface area contributed by atoms with Crippen LogP contribution in [-0.2, 0) is 4.84 Å². The van der Waals surface area contributed by atoms with Crippen molar-refractivity contribution in [3.8, 4) is 5.75 Å². The zero-order valence-electron chi connectivity index (χ0n) is 10.6. The molecule has 0 bridgehead atoms. The third-order valence-electron chi connectivity index (χ3n) is 2.42. The van der Waals surface area contributed by atoms with Crippen LogP contribution in [0.3, 0.4) is 0 Å². The first kappa shape index (κ1) is 16.1. The second kappa shape index (κ2) is 7.13. The molecule has 0 unspecified atom stereocenters. The number of methoxy groups -OCH3 is 1. The Labute approximate surface area is 139 Å². The van der Waals surface area contributed by atoms with Gasteiger partial charge in [0.15, 0.2) is 5.75 Å². The van der Waals surface area contributed by atoms with Gasteiger partial charge < -0.3 is 9.57 Å². The monoisotopic (exact) mass is 363 g/mol. The van der Waals surface area contributed by atoms with Crippen molar-refractivity contribution in [2.45, 2.75) is 0 Å². The third kappa shape index (κ3) is 3.89. The topological polar surface area (TPSA) is 47.9 Å². The maximum absolute atomic E-state index is 11.8. The fourth-order valence-corrected chi connectivity index (χ4v) is 2.94. The van der Waals surface area contributed by atoms with E-state index in [4.69, 9.17) is 44.4 Å². The fraction of sp³-hybridized carbons (Fsp3) is 0.0769. The molecule has 2 rings (SSSR count). The Balaban J connectivity index is 2.08. The average Bonchev–Trinajstić information content (AvgIpc) is 2.82. The molecule has 0 aliphatic rings. The van der Waals surface area contributed by atoms with Gasteiger partial charge in [0.25, 0.3) is 0 Å². The number of carbonyl (C=O) groups excluding carboxylic acids is 1. The molecule has 0 aliphatic heterocycles. The summed E-state index contributed by atoms with van der Waals surface area (Å²) in [4.78, 5) is 16.6. The molecule has 110 valence electrons. The smallest absolute Gasteiger partial charge is 0.370 e. The Morgan fingerprint density at radius 2 is 2.10 bits per heavy atom. The summed E-state index contributed by atoms with van der Waals surface area (Å²) in [7, 11) is 1.42. The van der Waals surface area contributed by atoms with Crippen LogP contribution >= 0.6 is 46.1 Å². The second-order valence-corrected chi connectivity index (χ2v) is 6.06. The Morgan fingerprint density at radius 3 is 2.76 bits per heavy atom. The van der Waals surface area contributed by atoms with E-state index in [1.807, 2.05) is 0 Å². The standard InChI is InChI=1S/C13H8Cl3NO3S/c1-19-11-9(6-21-12(11)16)13(18)20-17-5-7-2-3-8(14)4-10(7)15/h2-6H,1H3/b17-5+. The van der Waals surface area contributed by atoms with Crippen LogP contribution in [0.5, 0.6) is 5.75 Å². The molecule has 1 heterocycles. The molecule has 4 nitrogen and oxygen atoms in total. The third-order valence-corrected chi connectivity index (χ3v) is 4.16. The van der Waals surface area contributed by atoms with E-state index in [0.29, 0.717) is 19.9 Å². The summed E-state index contributed by atoms with van der Waals surface area (Å²) >= 11 is 18.8. The van der Waals surface area contributed by atoms with Gasteiger partial charge in [0.1, 0.15) is 9.90 Å². The van der Waals surface area contributed by atoms with Gasteiger partial charge in [-0.25, -0.2) is 4.79 Å². The summed E-state index contributed by atoms with van der Waals surface area (Å²) in [5, 5.41) is 6.04. The number of hydrogen-bond donors (Lipinski definition) is 0. The summed E-state index contributed by atoms with van der Waals surface area (Å²) in [6.45, 7) is 0. The molecule has 1 aromatic heterocycles. The van der Waals surface area contributed by atoms with Gasteiger partial charge in [-0.3, -0.25) is 0 Å². The van der Waals surface area contributed by atoms with Gasteiger partial charge in [-0.15, -0.1) is 11.3 Å². The minimum Gasteiger partial charge on any atom is -0.493 e. The molecule has 8 heteroatoms. The highest BCUT2D eigenvalue weighted by atomic mass is 35.5. The van der Waals surface area contributed by atoms with E-state index in [1.165, 1.54) is 30.0 Å². The Hall–Kier alpha value is -1.27. The van der Waals surface area contributed by atoms with Crippen LogP contribution in [0.15, 0.2) is 28.7 Å². The van der Waals surface area contributed by atoms with Gasteiger partial charge in [0.2, 0.25) is 0 Å². The SMILES string of the molecule is COc1c(C(=O)O/N=C/c2ccc(Cl)cc2Cl)csc1Cl. The van der Waals surface area contributed by atoms with Crippen molar-refractivity contribution < 1.29 is 14.4 Å². The molecule has 2 aromatic rings. The van der Waals surface area contributed by atoms with Crippen LogP contribution in [-0.4, -0.2) is 19.3 Å². The Kier molecular flexibility index (Phi) is 5.47. The second-order valence-electron chi connectivity index (χ2n) is 3.74. The van der Waals surface area contributed by atoms with Crippen molar-refractivity contribution in [3.63, 3.8) is 0 Å². The van der Waals surface area contributed by atoms with E-state index in [9.17, 15) is 4.79 Å². The summed E-state index contributed by atoms with van der Waals surface area (Å²) in [5.41, 5.74) is 0.788. The number of halogens is 3. The quantitative estimate of drug-likeness (QED) is 0.440. The van der Waals surface area contributed by atoms with E-state index in [2.05, 4.69) is 5.16 Å². The van der Waals surface area contributed by atoms with E-state index in [0.717, 1.165) is 0 Å². The van der Waals surface area contributed by atoms with Gasteiger partial charge in [0, 0.05) is 16.0 Å². The molecule has 0 atom stereocenters. The molecule has 1 aromatic carbocycles. The normalized spacial score (nSPS) is 10.9. The number of thiophene rings is 1. The number of nitrogens with zero attached hydrogens (tertiary/aromatic N) is 1. The molecule has 0 aliphatic carbocycles. The van der Waals surface area contributed by atoms with Crippen LogP contribution in [0.2, 0.25) is 14.4 Å². The molecule has 0 radical (unpaired) electrons. The minimum absolute atomic E-state index is 0.215.